The molecule has 4 atom stereocenters. The largest absolute Gasteiger partial charge is 0.366 e. The molecular formula is C15H13ClN2O3. The Morgan fingerprint density at radius 3 is 2.33 bits per heavy atom. The number of halogens is 1. The Morgan fingerprint density at radius 2 is 1.71 bits per heavy atom. The third-order valence-electron chi connectivity index (χ3n) is 4.30. The fourth-order valence-electron chi connectivity index (χ4n) is 3.29. The summed E-state index contributed by atoms with van der Waals surface area (Å²) in [7, 11) is 0. The molecule has 4 rings (SSSR count). The van der Waals surface area contributed by atoms with E-state index in [0.29, 0.717) is 10.7 Å². The zero-order valence-electron chi connectivity index (χ0n) is 11.0. The van der Waals surface area contributed by atoms with Crippen molar-refractivity contribution in [3.05, 3.63) is 41.4 Å². The van der Waals surface area contributed by atoms with Gasteiger partial charge in [0.25, 0.3) is 0 Å². The number of imide groups is 1. The van der Waals surface area contributed by atoms with Crippen molar-refractivity contribution >= 4 is 29.1 Å². The maximum Gasteiger partial charge on any atom is 0.237 e. The Bertz CT molecular complexity index is 630. The van der Waals surface area contributed by atoms with Crippen LogP contribution in [0.25, 0.3) is 0 Å². The summed E-state index contributed by atoms with van der Waals surface area (Å²) in [6, 6.07) is 7.23. The van der Waals surface area contributed by atoms with Crippen LogP contribution in [0.3, 0.4) is 0 Å². The lowest BCUT2D eigenvalue weighted by Crippen LogP contribution is -2.38. The first-order chi connectivity index (χ1) is 10.2. The van der Waals surface area contributed by atoms with Crippen LogP contribution in [0.15, 0.2) is 36.4 Å². The molecule has 0 spiro atoms. The molecule has 2 amide bonds. The number of hydrogen-bond donors (Lipinski definition) is 1. The number of amides is 2. The number of ether oxygens (including phenoxy) is 1. The summed E-state index contributed by atoms with van der Waals surface area (Å²) in [5.74, 6) is -1.05. The van der Waals surface area contributed by atoms with Crippen LogP contribution in [0.5, 0.6) is 0 Å². The van der Waals surface area contributed by atoms with Crippen LogP contribution < -0.4 is 5.32 Å². The molecule has 1 N–H and O–H groups in total. The molecule has 1 aromatic carbocycles. The smallest absolute Gasteiger partial charge is 0.237 e. The lowest BCUT2D eigenvalue weighted by molar-refractivity contribution is -0.141. The minimum Gasteiger partial charge on any atom is -0.366 e. The second-order valence-electron chi connectivity index (χ2n) is 5.42. The molecule has 21 heavy (non-hydrogen) atoms. The van der Waals surface area contributed by atoms with Gasteiger partial charge in [0.05, 0.1) is 41.4 Å². The molecule has 3 aliphatic heterocycles. The van der Waals surface area contributed by atoms with Crippen molar-refractivity contribution in [3.8, 4) is 0 Å². The van der Waals surface area contributed by atoms with Gasteiger partial charge in [0, 0.05) is 0 Å². The zero-order valence-corrected chi connectivity index (χ0v) is 11.8. The van der Waals surface area contributed by atoms with E-state index in [9.17, 15) is 9.59 Å². The Labute approximate surface area is 126 Å². The van der Waals surface area contributed by atoms with Gasteiger partial charge >= 0.3 is 0 Å². The first kappa shape index (κ1) is 12.9. The highest BCUT2D eigenvalue weighted by atomic mass is 35.5. The maximum absolute atomic E-state index is 12.4. The van der Waals surface area contributed by atoms with E-state index >= 15 is 0 Å². The van der Waals surface area contributed by atoms with Crippen LogP contribution in [-0.4, -0.2) is 35.6 Å². The molecule has 108 valence electrons. The number of likely N-dealkylation sites (tertiary alicyclic amines) is 1. The SMILES string of the molecule is O=C1[C@@H]2[C@@H](C(=O)N1CNc1ccccc1Cl)[C@H]1C=C[C@H]2O1. The number of hydrogen-bond acceptors (Lipinski definition) is 4. The molecule has 0 saturated carbocycles. The van der Waals surface area contributed by atoms with E-state index in [1.165, 1.54) is 4.90 Å². The summed E-state index contributed by atoms with van der Waals surface area (Å²) < 4.78 is 5.59. The molecule has 2 saturated heterocycles. The quantitative estimate of drug-likeness (QED) is 0.681. The van der Waals surface area contributed by atoms with Gasteiger partial charge in [-0.2, -0.15) is 0 Å². The Hall–Kier alpha value is -1.85. The third kappa shape index (κ3) is 1.81. The topological polar surface area (TPSA) is 58.6 Å². The molecule has 6 heteroatoms. The predicted molar refractivity (Wildman–Crippen MR) is 76.6 cm³/mol. The van der Waals surface area contributed by atoms with Gasteiger partial charge in [-0.1, -0.05) is 35.9 Å². The van der Waals surface area contributed by atoms with Crippen molar-refractivity contribution in [2.24, 2.45) is 11.8 Å². The minimum absolute atomic E-state index is 0.133. The van der Waals surface area contributed by atoms with Crippen LogP contribution in [0.4, 0.5) is 5.69 Å². The Balaban J connectivity index is 1.51. The van der Waals surface area contributed by atoms with E-state index in [4.69, 9.17) is 16.3 Å². The molecule has 0 radical (unpaired) electrons. The van der Waals surface area contributed by atoms with Crippen molar-refractivity contribution in [2.75, 3.05) is 12.0 Å². The summed E-state index contributed by atoms with van der Waals surface area (Å²) in [6.07, 6.45) is 3.26. The highest BCUT2D eigenvalue weighted by molar-refractivity contribution is 6.33. The van der Waals surface area contributed by atoms with Gasteiger partial charge < -0.3 is 10.1 Å². The fourth-order valence-corrected chi connectivity index (χ4v) is 3.49. The standard InChI is InChI=1S/C15H13ClN2O3/c16-8-3-1-2-4-9(8)17-7-18-14(19)12-10-5-6-11(21-10)13(12)15(18)20/h1-6,10-13,17H,7H2/t10-,11-,12+,13+/m1/s1. The van der Waals surface area contributed by atoms with Crippen LogP contribution in [0, 0.1) is 11.8 Å². The lowest BCUT2D eigenvalue weighted by atomic mass is 9.85. The number of benzene rings is 1. The Kier molecular flexibility index (Phi) is 2.80. The molecule has 5 nitrogen and oxygen atoms in total. The molecule has 1 aromatic rings. The molecule has 0 unspecified atom stereocenters. The van der Waals surface area contributed by atoms with E-state index in [0.717, 1.165) is 0 Å². The number of carbonyl (C=O) groups excluding carboxylic acids is 2. The number of nitrogens with one attached hydrogen (secondary N) is 1. The fraction of sp³-hybridized carbons (Fsp3) is 0.333. The van der Waals surface area contributed by atoms with Gasteiger partial charge in [0.2, 0.25) is 11.8 Å². The van der Waals surface area contributed by atoms with E-state index in [-0.39, 0.29) is 42.5 Å². The molecule has 3 aliphatic rings. The summed E-state index contributed by atoms with van der Waals surface area (Å²) >= 11 is 6.05. The normalized spacial score (nSPS) is 32.9. The van der Waals surface area contributed by atoms with Crippen molar-refractivity contribution in [2.45, 2.75) is 12.2 Å². The molecular weight excluding hydrogens is 292 g/mol. The second kappa shape index (κ2) is 4.58. The molecule has 0 aromatic heterocycles. The van der Waals surface area contributed by atoms with Gasteiger partial charge in [-0.25, -0.2) is 0 Å². The number of anilines is 1. The van der Waals surface area contributed by atoms with E-state index in [2.05, 4.69) is 5.32 Å². The summed E-state index contributed by atoms with van der Waals surface area (Å²) in [4.78, 5) is 26.1. The van der Waals surface area contributed by atoms with Crippen LogP contribution in [-0.2, 0) is 14.3 Å². The van der Waals surface area contributed by atoms with E-state index in [1.807, 2.05) is 30.4 Å². The van der Waals surface area contributed by atoms with Crippen molar-refractivity contribution in [3.63, 3.8) is 0 Å². The minimum atomic E-state index is -0.361. The monoisotopic (exact) mass is 304 g/mol. The number of nitrogens with zero attached hydrogens (tertiary/aromatic N) is 1. The van der Waals surface area contributed by atoms with Crippen LogP contribution in [0.1, 0.15) is 0 Å². The molecule has 2 fully saturated rings. The average Bonchev–Trinajstić information content (AvgIpc) is 3.14. The first-order valence-corrected chi connectivity index (χ1v) is 7.22. The van der Waals surface area contributed by atoms with Crippen LogP contribution >= 0.6 is 11.6 Å². The number of rotatable bonds is 3. The predicted octanol–water partition coefficient (Wildman–Crippen LogP) is 1.65. The number of carbonyl (C=O) groups is 2. The molecule has 2 bridgehead atoms. The Morgan fingerprint density at radius 1 is 1.10 bits per heavy atom. The zero-order chi connectivity index (χ0) is 14.6. The maximum atomic E-state index is 12.4. The molecule has 0 aliphatic carbocycles. The van der Waals surface area contributed by atoms with Crippen molar-refractivity contribution in [1.29, 1.82) is 0 Å². The summed E-state index contributed by atoms with van der Waals surface area (Å²) in [5.41, 5.74) is 0.703. The van der Waals surface area contributed by atoms with Crippen LogP contribution in [0.2, 0.25) is 5.02 Å². The highest BCUT2D eigenvalue weighted by Gasteiger charge is 2.60. The van der Waals surface area contributed by atoms with Gasteiger partial charge in [-0.05, 0) is 12.1 Å². The van der Waals surface area contributed by atoms with Gasteiger partial charge in [-0.15, -0.1) is 0 Å². The second-order valence-corrected chi connectivity index (χ2v) is 5.83. The number of para-hydroxylation sites is 1. The van der Waals surface area contributed by atoms with Crippen molar-refractivity contribution in [1.82, 2.24) is 4.90 Å². The highest BCUT2D eigenvalue weighted by Crippen LogP contribution is 2.44. The number of fused-ring (bicyclic) bond motifs is 5. The summed E-state index contributed by atoms with van der Waals surface area (Å²) in [6.45, 7) is 0.133. The summed E-state index contributed by atoms with van der Waals surface area (Å²) in [5, 5.41) is 3.60. The van der Waals surface area contributed by atoms with E-state index in [1.54, 1.807) is 6.07 Å². The third-order valence-corrected chi connectivity index (χ3v) is 4.63. The first-order valence-electron chi connectivity index (χ1n) is 6.84. The van der Waals surface area contributed by atoms with E-state index < -0.39 is 0 Å². The van der Waals surface area contributed by atoms with Gasteiger partial charge in [0.1, 0.15) is 0 Å². The van der Waals surface area contributed by atoms with Gasteiger partial charge in [-0.3, -0.25) is 14.5 Å². The lowest BCUT2D eigenvalue weighted by Gasteiger charge is -2.19. The van der Waals surface area contributed by atoms with Gasteiger partial charge in [0.15, 0.2) is 0 Å². The van der Waals surface area contributed by atoms with Crippen molar-refractivity contribution < 1.29 is 14.3 Å². The average molecular weight is 305 g/mol. The molecule has 3 heterocycles.